The molecule has 0 radical (unpaired) electrons. The van der Waals surface area contributed by atoms with Gasteiger partial charge in [0.1, 0.15) is 11.5 Å². The zero-order valence-electron chi connectivity index (χ0n) is 17.1. The number of unbranched alkanes of at least 4 members (excludes halogenated alkanes) is 3. The molecule has 0 amide bonds. The minimum Gasteiger partial charge on any atom is -0.479 e. The highest BCUT2D eigenvalue weighted by Crippen LogP contribution is 2.25. The number of thioether (sulfide) groups is 1. The van der Waals surface area contributed by atoms with E-state index in [2.05, 4.69) is 6.92 Å². The number of aryl methyl sites for hydroxylation is 1. The second-order valence-corrected chi connectivity index (χ2v) is 10.8. The van der Waals surface area contributed by atoms with Crippen molar-refractivity contribution in [3.05, 3.63) is 29.8 Å². The van der Waals surface area contributed by atoms with Gasteiger partial charge in [-0.1, -0.05) is 62.1 Å². The van der Waals surface area contributed by atoms with Gasteiger partial charge < -0.3 is 4.74 Å². The summed E-state index contributed by atoms with van der Waals surface area (Å²) in [5, 5.41) is 0.182. The third kappa shape index (κ3) is 10.0. The van der Waals surface area contributed by atoms with Gasteiger partial charge in [0, 0.05) is 11.7 Å². The van der Waals surface area contributed by atoms with Gasteiger partial charge in [-0.3, -0.25) is 4.79 Å². The first kappa shape index (κ1) is 25.1. The second kappa shape index (κ2) is 13.3. The first-order chi connectivity index (χ1) is 13.3. The fourth-order valence-electron chi connectivity index (χ4n) is 2.78. The summed E-state index contributed by atoms with van der Waals surface area (Å²) in [6, 6.07) is 6.61. The van der Waals surface area contributed by atoms with Crippen LogP contribution in [0.4, 0.5) is 0 Å². The van der Waals surface area contributed by atoms with Gasteiger partial charge >= 0.3 is 0 Å². The molecular formula is C21H32O4S3. The van der Waals surface area contributed by atoms with E-state index < -0.39 is 15.6 Å². The number of hydrogen-bond donors (Lipinski definition) is 0. The molecule has 0 saturated heterocycles. The highest BCUT2D eigenvalue weighted by Gasteiger charge is 2.21. The Kier molecular flexibility index (Phi) is 12.0. The number of carbonyl (C=O) groups excluding carboxylic acids is 1. The lowest BCUT2D eigenvalue weighted by Gasteiger charge is -2.16. The second-order valence-electron chi connectivity index (χ2n) is 6.92. The molecule has 28 heavy (non-hydrogen) atoms. The van der Waals surface area contributed by atoms with Crippen molar-refractivity contribution in [2.24, 2.45) is 0 Å². The average molecular weight is 445 g/mol. The van der Waals surface area contributed by atoms with E-state index in [-0.39, 0.29) is 22.3 Å². The van der Waals surface area contributed by atoms with Crippen LogP contribution in [0.15, 0.2) is 29.2 Å². The molecule has 1 aromatic rings. The highest BCUT2D eigenvalue weighted by molar-refractivity contribution is 8.23. The van der Waals surface area contributed by atoms with Gasteiger partial charge in [-0.25, -0.2) is 8.42 Å². The quantitative estimate of drug-likeness (QED) is 0.295. The number of carbonyl (C=O) groups is 1. The van der Waals surface area contributed by atoms with Crippen molar-refractivity contribution in [2.75, 3.05) is 12.4 Å². The van der Waals surface area contributed by atoms with Gasteiger partial charge in [-0.2, -0.15) is 0 Å². The molecule has 0 spiro atoms. The van der Waals surface area contributed by atoms with Gasteiger partial charge in [-0.15, -0.1) is 0 Å². The molecule has 0 fully saturated rings. The van der Waals surface area contributed by atoms with E-state index in [0.29, 0.717) is 17.4 Å². The van der Waals surface area contributed by atoms with Crippen molar-refractivity contribution < 1.29 is 17.9 Å². The maximum Gasteiger partial charge on any atom is 0.220 e. The molecule has 0 aliphatic carbocycles. The molecule has 0 aliphatic rings. The van der Waals surface area contributed by atoms with E-state index in [1.165, 1.54) is 24.6 Å². The smallest absolute Gasteiger partial charge is 0.220 e. The third-order valence-electron chi connectivity index (χ3n) is 4.38. The van der Waals surface area contributed by atoms with Crippen LogP contribution in [0, 0.1) is 6.92 Å². The Morgan fingerprint density at radius 3 is 2.39 bits per heavy atom. The molecule has 0 bridgehead atoms. The summed E-state index contributed by atoms with van der Waals surface area (Å²) in [6.45, 7) is 6.49. The van der Waals surface area contributed by atoms with Gasteiger partial charge in [0.15, 0.2) is 9.84 Å². The van der Waals surface area contributed by atoms with E-state index >= 15 is 0 Å². The predicted molar refractivity (Wildman–Crippen MR) is 122 cm³/mol. The van der Waals surface area contributed by atoms with Gasteiger partial charge in [-0.05, 0) is 51.0 Å². The summed E-state index contributed by atoms with van der Waals surface area (Å²) in [4.78, 5) is 12.5. The van der Waals surface area contributed by atoms with Gasteiger partial charge in [0.2, 0.25) is 4.38 Å². The van der Waals surface area contributed by atoms with Crippen LogP contribution in [0.5, 0.6) is 0 Å². The van der Waals surface area contributed by atoms with Crippen molar-refractivity contribution in [1.82, 2.24) is 0 Å². The lowest BCUT2D eigenvalue weighted by Crippen LogP contribution is -2.18. The summed E-state index contributed by atoms with van der Waals surface area (Å²) in [6.07, 6.45) is 6.42. The van der Waals surface area contributed by atoms with Crippen molar-refractivity contribution in [1.29, 1.82) is 0 Å². The van der Waals surface area contributed by atoms with Crippen molar-refractivity contribution in [3.8, 4) is 0 Å². The zero-order valence-corrected chi connectivity index (χ0v) is 19.6. The zero-order chi connectivity index (χ0) is 21.0. The molecule has 158 valence electrons. The Bertz CT molecular complexity index is 712. The molecule has 1 rings (SSSR count). The molecule has 0 aliphatic heterocycles. The number of Topliss-reactive ketones (excluding diaryl/α,β-unsaturated/α-hetero) is 1. The first-order valence-corrected chi connectivity index (χ1v) is 12.9. The summed E-state index contributed by atoms with van der Waals surface area (Å²) in [5.74, 6) is -0.693. The van der Waals surface area contributed by atoms with Gasteiger partial charge in [0.25, 0.3) is 0 Å². The average Bonchev–Trinajstić information content (AvgIpc) is 2.63. The summed E-state index contributed by atoms with van der Waals surface area (Å²) in [5.41, 5.74) is 0.985. The molecule has 0 heterocycles. The Balaban J connectivity index is 2.59. The third-order valence-corrected chi connectivity index (χ3v) is 7.59. The largest absolute Gasteiger partial charge is 0.479 e. The maximum absolute atomic E-state index is 12.4. The fraction of sp³-hybridized carbons (Fsp3) is 0.619. The predicted octanol–water partition coefficient (Wildman–Crippen LogP) is 5.51. The molecule has 0 aromatic heterocycles. The number of rotatable bonds is 13. The summed E-state index contributed by atoms with van der Waals surface area (Å²) >= 11 is 6.73. The van der Waals surface area contributed by atoms with Crippen molar-refractivity contribution in [3.63, 3.8) is 0 Å². The molecule has 7 heteroatoms. The van der Waals surface area contributed by atoms with Crippen LogP contribution in [0.25, 0.3) is 0 Å². The Morgan fingerprint density at radius 2 is 1.79 bits per heavy atom. The molecule has 1 aromatic carbocycles. The number of sulfone groups is 1. The number of ketones is 1. The summed E-state index contributed by atoms with van der Waals surface area (Å²) in [7, 11) is -3.59. The van der Waals surface area contributed by atoms with Crippen LogP contribution in [-0.2, 0) is 19.4 Å². The molecule has 4 nitrogen and oxygen atoms in total. The van der Waals surface area contributed by atoms with Gasteiger partial charge in [0.05, 0.1) is 11.5 Å². The Morgan fingerprint density at radius 1 is 1.11 bits per heavy atom. The van der Waals surface area contributed by atoms with E-state index in [4.69, 9.17) is 17.0 Å². The monoisotopic (exact) mass is 444 g/mol. The lowest BCUT2D eigenvalue weighted by atomic mass is 10.1. The standard InChI is InChI=1S/C21H32O4S3/c1-4-6-7-8-9-19(27-21(26)25-5-2)13-12-18(22)16-28(23,24)20-14-10-17(3)11-15-20/h10-11,14-15,19H,4-9,12-13,16H2,1-3H3. The minimum absolute atomic E-state index is 0.182. The molecule has 1 unspecified atom stereocenters. The summed E-state index contributed by atoms with van der Waals surface area (Å²) < 4.78 is 30.7. The highest BCUT2D eigenvalue weighted by atomic mass is 32.2. The Labute approximate surface area is 179 Å². The maximum atomic E-state index is 12.4. The number of ether oxygens (including phenoxy) is 1. The van der Waals surface area contributed by atoms with Crippen molar-refractivity contribution >= 4 is 44.0 Å². The van der Waals surface area contributed by atoms with E-state index in [9.17, 15) is 13.2 Å². The minimum atomic E-state index is -3.59. The fourth-order valence-corrected chi connectivity index (χ4v) is 5.57. The van der Waals surface area contributed by atoms with Crippen LogP contribution >= 0.6 is 24.0 Å². The van der Waals surface area contributed by atoms with Crippen LogP contribution in [0.1, 0.15) is 64.4 Å². The normalized spacial score (nSPS) is 12.5. The van der Waals surface area contributed by atoms with E-state index in [1.807, 2.05) is 13.8 Å². The Hall–Kier alpha value is -0.920. The number of benzene rings is 1. The van der Waals surface area contributed by atoms with Crippen LogP contribution in [-0.4, -0.2) is 36.2 Å². The van der Waals surface area contributed by atoms with Crippen molar-refractivity contribution in [2.45, 2.75) is 75.9 Å². The molecule has 0 saturated carbocycles. The first-order valence-electron chi connectivity index (χ1n) is 9.93. The van der Waals surface area contributed by atoms with E-state index in [1.54, 1.807) is 24.3 Å². The number of hydrogen-bond acceptors (Lipinski definition) is 6. The topological polar surface area (TPSA) is 60.4 Å². The van der Waals surface area contributed by atoms with Crippen LogP contribution in [0.2, 0.25) is 0 Å². The SMILES string of the molecule is CCCCCCC(CCC(=O)CS(=O)(=O)c1ccc(C)cc1)SC(=S)OCC. The number of thiocarbonyl (C=S) groups is 1. The molecule has 1 atom stereocenters. The van der Waals surface area contributed by atoms with E-state index in [0.717, 1.165) is 24.8 Å². The molecular weight excluding hydrogens is 412 g/mol. The van der Waals surface area contributed by atoms with Crippen LogP contribution in [0.3, 0.4) is 0 Å². The molecule has 0 N–H and O–H groups in total. The lowest BCUT2D eigenvalue weighted by molar-refractivity contribution is -0.116. The van der Waals surface area contributed by atoms with Crippen LogP contribution < -0.4 is 0 Å².